The van der Waals surface area contributed by atoms with E-state index in [1.807, 2.05) is 4.90 Å². The summed E-state index contributed by atoms with van der Waals surface area (Å²) in [6.45, 7) is 5.23. The first-order valence-corrected chi connectivity index (χ1v) is 12.5. The number of rotatable bonds is 6. The summed E-state index contributed by atoms with van der Waals surface area (Å²) in [6.07, 6.45) is -0.882. The van der Waals surface area contributed by atoms with Gasteiger partial charge in [-0.2, -0.15) is 23.1 Å². The Kier molecular flexibility index (Phi) is 6.28. The first-order valence-electron chi connectivity index (χ1n) is 11.7. The van der Waals surface area contributed by atoms with E-state index in [1.54, 1.807) is 23.2 Å². The summed E-state index contributed by atoms with van der Waals surface area (Å²) in [7, 11) is 0. The van der Waals surface area contributed by atoms with Gasteiger partial charge in [-0.05, 0) is 25.3 Å². The van der Waals surface area contributed by atoms with Gasteiger partial charge in [-0.1, -0.05) is 13.3 Å². The topological polar surface area (TPSA) is 89.3 Å². The van der Waals surface area contributed by atoms with Crippen LogP contribution in [0.3, 0.4) is 0 Å². The summed E-state index contributed by atoms with van der Waals surface area (Å²) in [6, 6.07) is 2.23. The smallest absolute Gasteiger partial charge is 0.451 e. The van der Waals surface area contributed by atoms with Crippen LogP contribution in [0, 0.1) is 0 Å². The maximum atomic E-state index is 13.3. The number of alkyl halides is 3. The molecule has 9 nitrogen and oxygen atoms in total. The van der Waals surface area contributed by atoms with Gasteiger partial charge in [0.2, 0.25) is 11.7 Å². The standard InChI is InChI=1S/C22H26F3N7O2S/c1-3-5-15-10-16-18(30-8-9-32-17(11-30)28-29-20(32)22(23,24)25)26-21(27-19(16)35-15)34-12-14-6-4-7-31(14)13(2)33/h10,14H,3-9,11-12H2,1-2H3/t14-/m0/s1. The van der Waals surface area contributed by atoms with Gasteiger partial charge in [0.05, 0.1) is 18.0 Å². The molecule has 5 heterocycles. The third-order valence-corrected chi connectivity index (χ3v) is 7.48. The molecular weight excluding hydrogens is 483 g/mol. The highest BCUT2D eigenvalue weighted by atomic mass is 32.1. The van der Waals surface area contributed by atoms with E-state index in [0.29, 0.717) is 25.5 Å². The van der Waals surface area contributed by atoms with Crippen molar-refractivity contribution in [1.29, 1.82) is 0 Å². The number of halogens is 3. The first-order chi connectivity index (χ1) is 16.7. The summed E-state index contributed by atoms with van der Waals surface area (Å²) in [5.74, 6) is -0.103. The molecule has 3 aromatic rings. The summed E-state index contributed by atoms with van der Waals surface area (Å²) in [4.78, 5) is 26.8. The molecular formula is C22H26F3N7O2S. The number of carbonyl (C=O) groups excluding carboxylic acids is 1. The number of hydrogen-bond donors (Lipinski definition) is 0. The van der Waals surface area contributed by atoms with Gasteiger partial charge in [0.15, 0.2) is 5.82 Å². The Morgan fingerprint density at radius 2 is 2.06 bits per heavy atom. The number of carbonyl (C=O) groups is 1. The van der Waals surface area contributed by atoms with Crippen molar-refractivity contribution in [2.24, 2.45) is 0 Å². The van der Waals surface area contributed by atoms with Gasteiger partial charge in [0.1, 0.15) is 17.3 Å². The zero-order chi connectivity index (χ0) is 24.7. The molecule has 1 atom stereocenters. The lowest BCUT2D eigenvalue weighted by atomic mass is 10.2. The fourth-order valence-corrected chi connectivity index (χ4v) is 5.87. The number of thiophene rings is 1. The molecule has 13 heteroatoms. The van der Waals surface area contributed by atoms with E-state index < -0.39 is 12.0 Å². The van der Waals surface area contributed by atoms with Crippen LogP contribution in [0.1, 0.15) is 49.6 Å². The van der Waals surface area contributed by atoms with E-state index >= 15 is 0 Å². The minimum Gasteiger partial charge on any atom is -0.461 e. The zero-order valence-electron chi connectivity index (χ0n) is 19.5. The molecule has 0 spiro atoms. The normalized spacial score (nSPS) is 18.4. The average molecular weight is 510 g/mol. The number of aryl methyl sites for hydroxylation is 1. The molecule has 2 aliphatic rings. The van der Waals surface area contributed by atoms with Crippen molar-refractivity contribution in [3.8, 4) is 6.01 Å². The van der Waals surface area contributed by atoms with Crippen LogP contribution in [0.4, 0.5) is 19.0 Å². The highest BCUT2D eigenvalue weighted by Crippen LogP contribution is 2.36. The summed E-state index contributed by atoms with van der Waals surface area (Å²) < 4.78 is 46.9. The zero-order valence-corrected chi connectivity index (χ0v) is 20.3. The Bertz CT molecular complexity index is 1240. The minimum atomic E-state index is -4.55. The van der Waals surface area contributed by atoms with Crippen molar-refractivity contribution in [3.05, 3.63) is 22.6 Å². The van der Waals surface area contributed by atoms with E-state index in [9.17, 15) is 18.0 Å². The molecule has 0 aromatic carbocycles. The molecule has 0 unspecified atom stereocenters. The number of fused-ring (bicyclic) bond motifs is 2. The largest absolute Gasteiger partial charge is 0.461 e. The van der Waals surface area contributed by atoms with Gasteiger partial charge in [-0.3, -0.25) is 4.79 Å². The Morgan fingerprint density at radius 1 is 1.23 bits per heavy atom. The number of amides is 1. The lowest BCUT2D eigenvalue weighted by molar-refractivity contribution is -0.147. The Morgan fingerprint density at radius 3 is 2.80 bits per heavy atom. The van der Waals surface area contributed by atoms with E-state index in [-0.39, 0.29) is 36.9 Å². The van der Waals surface area contributed by atoms with Crippen molar-refractivity contribution < 1.29 is 22.7 Å². The molecule has 1 amide bonds. The Balaban J connectivity index is 1.44. The van der Waals surface area contributed by atoms with Crippen LogP contribution in [0.5, 0.6) is 6.01 Å². The number of nitrogens with zero attached hydrogens (tertiary/aromatic N) is 7. The Labute approximate surface area is 203 Å². The van der Waals surface area contributed by atoms with Gasteiger partial charge in [-0.15, -0.1) is 21.5 Å². The van der Waals surface area contributed by atoms with Crippen LogP contribution >= 0.6 is 11.3 Å². The third-order valence-electron chi connectivity index (χ3n) is 6.39. The summed E-state index contributed by atoms with van der Waals surface area (Å²) in [5.41, 5.74) is 0. The molecule has 0 N–H and O–H groups in total. The van der Waals surface area contributed by atoms with E-state index in [0.717, 1.165) is 45.3 Å². The molecule has 1 fully saturated rings. The number of anilines is 1. The molecule has 35 heavy (non-hydrogen) atoms. The molecule has 1 saturated heterocycles. The maximum Gasteiger partial charge on any atom is 0.451 e. The third kappa shape index (κ3) is 4.65. The molecule has 0 bridgehead atoms. The average Bonchev–Trinajstić information content (AvgIpc) is 3.53. The lowest BCUT2D eigenvalue weighted by Crippen LogP contribution is -2.38. The molecule has 5 rings (SSSR count). The fraction of sp³-hybridized carbons (Fsp3) is 0.591. The van der Waals surface area contributed by atoms with Crippen molar-refractivity contribution in [1.82, 2.24) is 29.6 Å². The number of likely N-dealkylation sites (tertiary alicyclic amines) is 1. The van der Waals surface area contributed by atoms with Gasteiger partial charge < -0.3 is 19.1 Å². The number of hydrogen-bond acceptors (Lipinski definition) is 8. The van der Waals surface area contributed by atoms with Crippen LogP contribution in [-0.4, -0.2) is 61.3 Å². The van der Waals surface area contributed by atoms with Crippen LogP contribution < -0.4 is 9.64 Å². The lowest BCUT2D eigenvalue weighted by Gasteiger charge is -2.29. The van der Waals surface area contributed by atoms with Crippen molar-refractivity contribution in [3.63, 3.8) is 0 Å². The Hall–Kier alpha value is -2.96. The second kappa shape index (κ2) is 9.25. The minimum absolute atomic E-state index is 0.0197. The van der Waals surface area contributed by atoms with Gasteiger partial charge in [-0.25, -0.2) is 0 Å². The highest BCUT2D eigenvalue weighted by Gasteiger charge is 2.40. The number of aromatic nitrogens is 5. The summed E-state index contributed by atoms with van der Waals surface area (Å²) in [5, 5.41) is 8.01. The van der Waals surface area contributed by atoms with Gasteiger partial charge >= 0.3 is 12.2 Å². The molecule has 0 aliphatic carbocycles. The quantitative estimate of drug-likeness (QED) is 0.501. The van der Waals surface area contributed by atoms with Crippen molar-refractivity contribution >= 4 is 33.3 Å². The van der Waals surface area contributed by atoms with Gasteiger partial charge in [0.25, 0.3) is 0 Å². The van der Waals surface area contributed by atoms with Crippen LogP contribution in [-0.2, 0) is 30.5 Å². The van der Waals surface area contributed by atoms with E-state index in [1.165, 1.54) is 0 Å². The molecule has 0 saturated carbocycles. The second-order valence-electron chi connectivity index (χ2n) is 8.84. The first kappa shape index (κ1) is 23.8. The van der Waals surface area contributed by atoms with E-state index in [2.05, 4.69) is 33.2 Å². The van der Waals surface area contributed by atoms with Crippen LogP contribution in [0.15, 0.2) is 6.07 Å². The molecule has 188 valence electrons. The summed E-state index contributed by atoms with van der Waals surface area (Å²) >= 11 is 1.57. The van der Waals surface area contributed by atoms with Crippen molar-refractivity contribution in [2.45, 2.75) is 64.8 Å². The molecule has 2 aliphatic heterocycles. The fourth-order valence-electron chi connectivity index (χ4n) is 4.75. The van der Waals surface area contributed by atoms with Crippen LogP contribution in [0.25, 0.3) is 10.2 Å². The maximum absolute atomic E-state index is 13.3. The van der Waals surface area contributed by atoms with E-state index in [4.69, 9.17) is 4.74 Å². The van der Waals surface area contributed by atoms with Crippen molar-refractivity contribution in [2.75, 3.05) is 24.6 Å². The SMILES string of the molecule is CCCc1cc2c(N3CCn4c(nnc4C(F)(F)F)C3)nc(OC[C@@H]3CCCN3C(C)=O)nc2s1. The highest BCUT2D eigenvalue weighted by molar-refractivity contribution is 7.18. The predicted molar refractivity (Wildman–Crippen MR) is 123 cm³/mol. The van der Waals surface area contributed by atoms with Crippen LogP contribution in [0.2, 0.25) is 0 Å². The molecule has 0 radical (unpaired) electrons. The molecule has 3 aromatic heterocycles. The number of ether oxygens (including phenoxy) is 1. The van der Waals surface area contributed by atoms with Gasteiger partial charge in [0, 0.05) is 31.4 Å². The predicted octanol–water partition coefficient (Wildman–Crippen LogP) is 3.66. The second-order valence-corrected chi connectivity index (χ2v) is 9.96. The monoisotopic (exact) mass is 509 g/mol.